The van der Waals surface area contributed by atoms with Gasteiger partial charge in [0, 0.05) is 24.5 Å². The van der Waals surface area contributed by atoms with E-state index in [1.807, 2.05) is 0 Å². The minimum absolute atomic E-state index is 0.239. The molecule has 0 fully saturated rings. The first-order valence-electron chi connectivity index (χ1n) is 6.72. The molecule has 22 heavy (non-hydrogen) atoms. The van der Waals surface area contributed by atoms with Gasteiger partial charge in [0.15, 0.2) is 0 Å². The lowest BCUT2D eigenvalue weighted by Gasteiger charge is -2.16. The number of amides is 3. The second-order valence-electron chi connectivity index (χ2n) is 4.33. The van der Waals surface area contributed by atoms with E-state index in [9.17, 15) is 14.4 Å². The normalized spacial score (nSPS) is 10.9. The molecule has 0 aromatic carbocycles. The predicted molar refractivity (Wildman–Crippen MR) is 76.5 cm³/mol. The minimum Gasteiger partial charge on any atom is -0.465 e. The molecule has 0 rings (SSSR count). The van der Waals surface area contributed by atoms with Gasteiger partial charge in [-0.15, -0.1) is 0 Å². The van der Waals surface area contributed by atoms with Crippen LogP contribution in [-0.4, -0.2) is 54.0 Å². The third-order valence-electron chi connectivity index (χ3n) is 2.61. The molecule has 0 saturated carbocycles. The van der Waals surface area contributed by atoms with Gasteiger partial charge in [0.1, 0.15) is 6.04 Å². The minimum atomic E-state index is -1.31. The van der Waals surface area contributed by atoms with Crippen molar-refractivity contribution in [2.45, 2.75) is 31.7 Å². The Hall–Kier alpha value is -2.68. The summed E-state index contributed by atoms with van der Waals surface area (Å²) in [5.41, 5.74) is 8.09. The zero-order chi connectivity index (χ0) is 16.8. The molecule has 11 nitrogen and oxygen atoms in total. The molecular weight excluding hydrogens is 296 g/mol. The molecule has 0 spiro atoms. The zero-order valence-electron chi connectivity index (χ0n) is 12.0. The molecular formula is C11H20N6O5. The van der Waals surface area contributed by atoms with Crippen LogP contribution in [0.1, 0.15) is 25.7 Å². The Morgan fingerprint density at radius 1 is 1.05 bits per heavy atom. The summed E-state index contributed by atoms with van der Waals surface area (Å²) in [6.07, 6.45) is -0.740. The quantitative estimate of drug-likeness (QED) is 0.164. The van der Waals surface area contributed by atoms with Crippen LogP contribution >= 0.6 is 0 Å². The molecule has 0 radical (unpaired) electrons. The van der Waals surface area contributed by atoms with Crippen LogP contribution in [0.5, 0.6) is 0 Å². The maximum absolute atomic E-state index is 11.8. The molecule has 0 aliphatic carbocycles. The number of carboxylic acid groups (broad SMARTS) is 2. The van der Waals surface area contributed by atoms with Crippen LogP contribution in [-0.2, 0) is 4.79 Å². The number of hydrogen-bond acceptors (Lipinski definition) is 4. The summed E-state index contributed by atoms with van der Waals surface area (Å²) < 4.78 is 0. The number of carbonyl (C=O) groups is 3. The Bertz CT molecular complexity index is 423. The number of unbranched alkanes of at least 4 members (excludes halogenated alkanes) is 1. The van der Waals surface area contributed by atoms with Gasteiger partial charge < -0.3 is 26.2 Å². The second kappa shape index (κ2) is 12.1. The average Bonchev–Trinajstić information content (AvgIpc) is 2.44. The second-order valence-corrected chi connectivity index (χ2v) is 4.33. The van der Waals surface area contributed by atoms with E-state index in [2.05, 4.69) is 26.0 Å². The van der Waals surface area contributed by atoms with E-state index in [0.717, 1.165) is 0 Å². The van der Waals surface area contributed by atoms with Gasteiger partial charge in [-0.1, -0.05) is 5.11 Å². The Labute approximate surface area is 126 Å². The van der Waals surface area contributed by atoms with Crippen LogP contribution in [0.3, 0.4) is 0 Å². The van der Waals surface area contributed by atoms with Gasteiger partial charge in [0.05, 0.1) is 0 Å². The largest absolute Gasteiger partial charge is 0.465 e. The number of nitrogens with one attached hydrogen (secondary N) is 3. The van der Waals surface area contributed by atoms with Crippen molar-refractivity contribution in [3.8, 4) is 0 Å². The highest BCUT2D eigenvalue weighted by Crippen LogP contribution is 2.01. The van der Waals surface area contributed by atoms with E-state index in [4.69, 9.17) is 15.7 Å². The van der Waals surface area contributed by atoms with Gasteiger partial charge in [-0.25, -0.2) is 9.59 Å². The van der Waals surface area contributed by atoms with Crippen molar-refractivity contribution in [1.82, 2.24) is 16.0 Å². The van der Waals surface area contributed by atoms with E-state index in [-0.39, 0.29) is 26.1 Å². The van der Waals surface area contributed by atoms with Crippen molar-refractivity contribution in [1.29, 1.82) is 0 Å². The molecule has 0 aromatic rings. The summed E-state index contributed by atoms with van der Waals surface area (Å²) in [6.45, 7) is 0.758. The highest BCUT2D eigenvalue weighted by atomic mass is 16.4. The first kappa shape index (κ1) is 19.3. The van der Waals surface area contributed by atoms with Gasteiger partial charge in [-0.2, -0.15) is 0 Å². The average molecular weight is 316 g/mol. The standard InChI is InChI=1S/C11H20N6O5/c12-17-15-7-3-6-13-9(18)8(16-11(21)22)4-1-2-5-14-10(19)20/h8,14,16H,1-7H2,(H,13,18)(H,19,20)(H,21,22)/t8-/m1/s1. The molecule has 1 atom stereocenters. The van der Waals surface area contributed by atoms with Gasteiger partial charge in [0.25, 0.3) is 0 Å². The monoisotopic (exact) mass is 316 g/mol. The SMILES string of the molecule is [N-]=[N+]=NCCCNC(=O)[C@@H](CCCCNC(=O)O)NC(=O)O. The maximum atomic E-state index is 11.8. The lowest BCUT2D eigenvalue weighted by Crippen LogP contribution is -2.46. The van der Waals surface area contributed by atoms with Gasteiger partial charge in [-0.3, -0.25) is 4.79 Å². The first-order chi connectivity index (χ1) is 10.5. The zero-order valence-corrected chi connectivity index (χ0v) is 12.0. The van der Waals surface area contributed by atoms with E-state index >= 15 is 0 Å². The summed E-state index contributed by atoms with van der Waals surface area (Å²) in [7, 11) is 0. The Balaban J connectivity index is 4.08. The van der Waals surface area contributed by atoms with E-state index < -0.39 is 24.1 Å². The lowest BCUT2D eigenvalue weighted by atomic mass is 10.1. The summed E-state index contributed by atoms with van der Waals surface area (Å²) in [5, 5.41) is 27.3. The molecule has 0 unspecified atom stereocenters. The number of rotatable bonds is 11. The van der Waals surface area contributed by atoms with E-state index in [1.54, 1.807) is 0 Å². The van der Waals surface area contributed by atoms with Crippen molar-refractivity contribution in [3.63, 3.8) is 0 Å². The Kier molecular flexibility index (Phi) is 10.6. The molecule has 0 bridgehead atoms. The molecule has 0 aliphatic heterocycles. The molecule has 0 heterocycles. The van der Waals surface area contributed by atoms with E-state index in [1.165, 1.54) is 0 Å². The van der Waals surface area contributed by atoms with Crippen molar-refractivity contribution >= 4 is 18.1 Å². The van der Waals surface area contributed by atoms with Crippen LogP contribution in [0, 0.1) is 0 Å². The topological polar surface area (TPSA) is 177 Å². The van der Waals surface area contributed by atoms with Crippen molar-refractivity contribution in [3.05, 3.63) is 10.4 Å². The highest BCUT2D eigenvalue weighted by molar-refractivity contribution is 5.85. The Morgan fingerprint density at radius 2 is 1.73 bits per heavy atom. The van der Waals surface area contributed by atoms with E-state index in [0.29, 0.717) is 19.3 Å². The van der Waals surface area contributed by atoms with Crippen LogP contribution in [0.4, 0.5) is 9.59 Å². The molecule has 11 heteroatoms. The van der Waals surface area contributed by atoms with Crippen LogP contribution in [0.25, 0.3) is 10.4 Å². The number of nitrogens with zero attached hydrogens (tertiary/aromatic N) is 3. The third-order valence-corrected chi connectivity index (χ3v) is 2.61. The number of carbonyl (C=O) groups excluding carboxylic acids is 1. The van der Waals surface area contributed by atoms with Gasteiger partial charge in [0.2, 0.25) is 5.91 Å². The lowest BCUT2D eigenvalue weighted by molar-refractivity contribution is -0.123. The molecule has 124 valence electrons. The predicted octanol–water partition coefficient (Wildman–Crippen LogP) is 0.877. The van der Waals surface area contributed by atoms with Crippen LogP contribution < -0.4 is 16.0 Å². The summed E-state index contributed by atoms with van der Waals surface area (Å²) in [6, 6.07) is -0.901. The van der Waals surface area contributed by atoms with Crippen molar-refractivity contribution in [2.75, 3.05) is 19.6 Å². The molecule has 0 aromatic heterocycles. The van der Waals surface area contributed by atoms with Gasteiger partial charge in [-0.05, 0) is 31.2 Å². The Morgan fingerprint density at radius 3 is 2.32 bits per heavy atom. The third kappa shape index (κ3) is 11.2. The van der Waals surface area contributed by atoms with Crippen molar-refractivity contribution < 1.29 is 24.6 Å². The summed E-state index contributed by atoms with van der Waals surface area (Å²) >= 11 is 0. The fourth-order valence-electron chi connectivity index (χ4n) is 1.62. The van der Waals surface area contributed by atoms with Crippen LogP contribution in [0.2, 0.25) is 0 Å². The smallest absolute Gasteiger partial charge is 0.405 e. The number of azide groups is 1. The van der Waals surface area contributed by atoms with Crippen molar-refractivity contribution in [2.24, 2.45) is 5.11 Å². The molecule has 0 aliphatic rings. The molecule has 5 N–H and O–H groups in total. The molecule has 3 amide bonds. The first-order valence-corrected chi connectivity index (χ1v) is 6.72. The molecule has 0 saturated heterocycles. The summed E-state index contributed by atoms with van der Waals surface area (Å²) in [5.74, 6) is -0.463. The maximum Gasteiger partial charge on any atom is 0.405 e. The number of hydrogen-bond donors (Lipinski definition) is 5. The highest BCUT2D eigenvalue weighted by Gasteiger charge is 2.19. The van der Waals surface area contributed by atoms with Gasteiger partial charge >= 0.3 is 12.2 Å². The fourth-order valence-corrected chi connectivity index (χ4v) is 1.62. The fraction of sp³-hybridized carbons (Fsp3) is 0.727. The summed E-state index contributed by atoms with van der Waals surface area (Å²) in [4.78, 5) is 35.3. The van der Waals surface area contributed by atoms with Crippen LogP contribution in [0.15, 0.2) is 5.11 Å².